The Morgan fingerprint density at radius 3 is 3.00 bits per heavy atom. The van der Waals surface area contributed by atoms with Crippen molar-refractivity contribution < 1.29 is 4.74 Å². The molecule has 13 heavy (non-hydrogen) atoms. The molecule has 0 spiro atoms. The zero-order chi connectivity index (χ0) is 9.47. The van der Waals surface area contributed by atoms with Crippen LogP contribution in [0.25, 0.3) is 0 Å². The van der Waals surface area contributed by atoms with Crippen molar-refractivity contribution in [1.82, 2.24) is 14.8 Å². The summed E-state index contributed by atoms with van der Waals surface area (Å²) in [6.07, 6.45) is 2.71. The number of aromatic nitrogens is 3. The fraction of sp³-hybridized carbons (Fsp3) is 0.778. The first-order chi connectivity index (χ1) is 6.07. The van der Waals surface area contributed by atoms with E-state index in [0.29, 0.717) is 6.73 Å². The first-order valence-electron chi connectivity index (χ1n) is 4.55. The molecular formula is C9H15N3O. The van der Waals surface area contributed by atoms with Gasteiger partial charge in [0.1, 0.15) is 18.9 Å². The van der Waals surface area contributed by atoms with E-state index in [-0.39, 0.29) is 11.5 Å². The average molecular weight is 181 g/mol. The molecule has 2 rings (SSSR count). The van der Waals surface area contributed by atoms with Crippen LogP contribution < -0.4 is 0 Å². The summed E-state index contributed by atoms with van der Waals surface area (Å²) >= 11 is 0. The summed E-state index contributed by atoms with van der Waals surface area (Å²) < 4.78 is 7.50. The lowest BCUT2D eigenvalue weighted by molar-refractivity contribution is -0.0753. The molecule has 0 N–H and O–H groups in total. The number of ether oxygens (including phenoxy) is 1. The molecule has 2 heterocycles. The molecule has 1 atom stereocenters. The van der Waals surface area contributed by atoms with Gasteiger partial charge in [-0.2, -0.15) is 5.10 Å². The summed E-state index contributed by atoms with van der Waals surface area (Å²) in [6.45, 7) is 7.09. The highest BCUT2D eigenvalue weighted by molar-refractivity contribution is 4.93. The minimum Gasteiger partial charge on any atom is -0.355 e. The van der Waals surface area contributed by atoms with Gasteiger partial charge in [-0.05, 0) is 5.41 Å². The van der Waals surface area contributed by atoms with E-state index in [1.54, 1.807) is 6.33 Å². The Labute approximate surface area is 77.9 Å². The summed E-state index contributed by atoms with van der Waals surface area (Å²) in [7, 11) is 0. The maximum atomic E-state index is 5.69. The first-order valence-corrected chi connectivity index (χ1v) is 4.55. The van der Waals surface area contributed by atoms with E-state index in [1.165, 1.54) is 0 Å². The molecule has 0 aromatic carbocycles. The summed E-state index contributed by atoms with van der Waals surface area (Å²) in [4.78, 5) is 4.19. The summed E-state index contributed by atoms with van der Waals surface area (Å²) in [5.41, 5.74) is 0.178. The third-order valence-corrected chi connectivity index (χ3v) is 2.43. The van der Waals surface area contributed by atoms with Gasteiger partial charge >= 0.3 is 0 Å². The van der Waals surface area contributed by atoms with Crippen LogP contribution in [0, 0.1) is 5.41 Å². The van der Waals surface area contributed by atoms with E-state index in [0.717, 1.165) is 12.2 Å². The van der Waals surface area contributed by atoms with Gasteiger partial charge in [0.15, 0.2) is 0 Å². The van der Waals surface area contributed by atoms with Crippen LogP contribution in [0.2, 0.25) is 0 Å². The van der Waals surface area contributed by atoms with Crippen LogP contribution in [0.1, 0.15) is 26.6 Å². The Kier molecular flexibility index (Phi) is 1.87. The molecule has 4 nitrogen and oxygen atoms in total. The Hall–Kier alpha value is -0.900. The zero-order valence-electron chi connectivity index (χ0n) is 8.32. The molecule has 0 fully saturated rings. The fourth-order valence-electron chi connectivity index (χ4n) is 1.50. The molecular weight excluding hydrogens is 166 g/mol. The second-order valence-electron chi connectivity index (χ2n) is 4.53. The van der Waals surface area contributed by atoms with Gasteiger partial charge in [-0.25, -0.2) is 9.67 Å². The fourth-order valence-corrected chi connectivity index (χ4v) is 1.50. The smallest absolute Gasteiger partial charge is 0.141 e. The molecule has 1 aliphatic heterocycles. The standard InChI is InChI=1S/C9H15N3O/c1-9(2,3)7-4-8-10-5-11-12(8)6-13-7/h5,7H,4,6H2,1-3H3. The normalized spacial score (nSPS) is 22.8. The molecule has 0 bridgehead atoms. The molecule has 4 heteroatoms. The average Bonchev–Trinajstić information content (AvgIpc) is 2.47. The van der Waals surface area contributed by atoms with E-state index in [1.807, 2.05) is 4.68 Å². The van der Waals surface area contributed by atoms with Gasteiger partial charge in [0, 0.05) is 6.42 Å². The lowest BCUT2D eigenvalue weighted by Crippen LogP contribution is -2.37. The second kappa shape index (κ2) is 2.80. The highest BCUT2D eigenvalue weighted by Crippen LogP contribution is 2.27. The predicted octanol–water partition coefficient (Wildman–Crippen LogP) is 1.22. The van der Waals surface area contributed by atoms with Crippen LogP contribution >= 0.6 is 0 Å². The first kappa shape index (κ1) is 8.69. The Morgan fingerprint density at radius 2 is 2.31 bits per heavy atom. The van der Waals surface area contributed by atoms with E-state index >= 15 is 0 Å². The van der Waals surface area contributed by atoms with Gasteiger partial charge in [-0.15, -0.1) is 0 Å². The van der Waals surface area contributed by atoms with Crippen molar-refractivity contribution in [3.05, 3.63) is 12.2 Å². The number of fused-ring (bicyclic) bond motifs is 1. The molecule has 0 saturated carbocycles. The molecule has 72 valence electrons. The molecule has 1 unspecified atom stereocenters. The van der Waals surface area contributed by atoms with Gasteiger partial charge < -0.3 is 4.74 Å². The van der Waals surface area contributed by atoms with Crippen LogP contribution in [0.3, 0.4) is 0 Å². The Balaban J connectivity index is 2.18. The van der Waals surface area contributed by atoms with E-state index < -0.39 is 0 Å². The van der Waals surface area contributed by atoms with Gasteiger partial charge in [0.2, 0.25) is 0 Å². The van der Waals surface area contributed by atoms with E-state index in [4.69, 9.17) is 4.74 Å². The zero-order valence-corrected chi connectivity index (χ0v) is 8.32. The van der Waals surface area contributed by atoms with Crippen LogP contribution in [0.15, 0.2) is 6.33 Å². The highest BCUT2D eigenvalue weighted by atomic mass is 16.5. The molecule has 1 aromatic heterocycles. The highest BCUT2D eigenvalue weighted by Gasteiger charge is 2.30. The van der Waals surface area contributed by atoms with E-state index in [9.17, 15) is 0 Å². The van der Waals surface area contributed by atoms with Gasteiger partial charge in [0.05, 0.1) is 6.10 Å². The van der Waals surface area contributed by atoms with Gasteiger partial charge in [-0.1, -0.05) is 20.8 Å². The molecule has 0 saturated heterocycles. The maximum absolute atomic E-state index is 5.69. The van der Waals surface area contributed by atoms with Crippen molar-refractivity contribution >= 4 is 0 Å². The lowest BCUT2D eigenvalue weighted by Gasteiger charge is -2.33. The van der Waals surface area contributed by atoms with Crippen molar-refractivity contribution in [3.8, 4) is 0 Å². The number of hydrogen-bond donors (Lipinski definition) is 0. The van der Waals surface area contributed by atoms with E-state index in [2.05, 4.69) is 30.9 Å². The van der Waals surface area contributed by atoms with Gasteiger partial charge in [0.25, 0.3) is 0 Å². The monoisotopic (exact) mass is 181 g/mol. The molecule has 1 aromatic rings. The SMILES string of the molecule is CC(C)(C)C1Cc2ncnn2CO1. The Bertz CT molecular complexity index is 300. The van der Waals surface area contributed by atoms with Crippen molar-refractivity contribution in [2.24, 2.45) is 5.41 Å². The molecule has 0 radical (unpaired) electrons. The predicted molar refractivity (Wildman–Crippen MR) is 48.1 cm³/mol. The quantitative estimate of drug-likeness (QED) is 0.604. The van der Waals surface area contributed by atoms with Crippen molar-refractivity contribution in [2.45, 2.75) is 40.0 Å². The van der Waals surface area contributed by atoms with Crippen molar-refractivity contribution in [3.63, 3.8) is 0 Å². The molecule has 0 amide bonds. The topological polar surface area (TPSA) is 39.9 Å². The number of rotatable bonds is 0. The number of hydrogen-bond acceptors (Lipinski definition) is 3. The van der Waals surface area contributed by atoms with Crippen LogP contribution in [0.5, 0.6) is 0 Å². The third kappa shape index (κ3) is 1.58. The third-order valence-electron chi connectivity index (χ3n) is 2.43. The molecule has 0 aliphatic carbocycles. The van der Waals surface area contributed by atoms with Crippen molar-refractivity contribution in [2.75, 3.05) is 0 Å². The summed E-state index contributed by atoms with van der Waals surface area (Å²) in [5.74, 6) is 1.03. The molecule has 1 aliphatic rings. The second-order valence-corrected chi connectivity index (χ2v) is 4.53. The summed E-state index contributed by atoms with van der Waals surface area (Å²) in [5, 5.41) is 4.05. The largest absolute Gasteiger partial charge is 0.355 e. The van der Waals surface area contributed by atoms with Crippen LogP contribution in [-0.2, 0) is 17.9 Å². The van der Waals surface area contributed by atoms with Crippen LogP contribution in [-0.4, -0.2) is 20.9 Å². The summed E-state index contributed by atoms with van der Waals surface area (Å²) in [6, 6.07) is 0. The lowest BCUT2D eigenvalue weighted by atomic mass is 9.86. The van der Waals surface area contributed by atoms with Gasteiger partial charge in [-0.3, -0.25) is 0 Å². The minimum absolute atomic E-state index is 0.178. The van der Waals surface area contributed by atoms with Crippen LogP contribution in [0.4, 0.5) is 0 Å². The Morgan fingerprint density at radius 1 is 1.54 bits per heavy atom. The maximum Gasteiger partial charge on any atom is 0.141 e. The number of nitrogens with zero attached hydrogens (tertiary/aromatic N) is 3. The van der Waals surface area contributed by atoms with Crippen molar-refractivity contribution in [1.29, 1.82) is 0 Å². The minimum atomic E-state index is 0.178.